The molecule has 2 N–H and O–H groups in total. The highest BCUT2D eigenvalue weighted by atomic mass is 16.1. The predicted molar refractivity (Wildman–Crippen MR) is 110 cm³/mol. The summed E-state index contributed by atoms with van der Waals surface area (Å²) in [6, 6.07) is 18.9. The van der Waals surface area contributed by atoms with Crippen LogP contribution in [-0.4, -0.2) is 9.97 Å². The van der Waals surface area contributed by atoms with E-state index in [1.54, 1.807) is 18.3 Å². The van der Waals surface area contributed by atoms with Crippen LogP contribution in [0.4, 0.5) is 0 Å². The number of rotatable bonds is 4. The largest absolute Gasteiger partial charge is 0.329 e. The molecule has 4 rings (SSSR count). The van der Waals surface area contributed by atoms with Crippen molar-refractivity contribution >= 4 is 10.9 Å². The number of H-pyrrole nitrogens is 2. The summed E-state index contributed by atoms with van der Waals surface area (Å²) in [6.45, 7) is 3.81. The predicted octanol–water partition coefficient (Wildman–Crippen LogP) is 4.28. The van der Waals surface area contributed by atoms with E-state index in [4.69, 9.17) is 0 Å². The summed E-state index contributed by atoms with van der Waals surface area (Å²) in [4.78, 5) is 30.8. The number of fused-ring (bicyclic) bond motifs is 1. The SMILES string of the molecule is C=CCc1cc(-c2ccc[nH]c2=O)c2[nH]c(=O)c(-c3ccccc3)cc2c1. The Bertz CT molecular complexity index is 1250. The van der Waals surface area contributed by atoms with E-state index < -0.39 is 0 Å². The van der Waals surface area contributed by atoms with Crippen molar-refractivity contribution < 1.29 is 0 Å². The Morgan fingerprint density at radius 1 is 0.852 bits per heavy atom. The zero-order valence-corrected chi connectivity index (χ0v) is 14.7. The molecule has 2 aromatic carbocycles. The van der Waals surface area contributed by atoms with E-state index in [1.807, 2.05) is 54.6 Å². The van der Waals surface area contributed by atoms with Gasteiger partial charge in [0.2, 0.25) is 0 Å². The van der Waals surface area contributed by atoms with Crippen LogP contribution in [0.3, 0.4) is 0 Å². The molecule has 0 radical (unpaired) electrons. The number of nitrogens with one attached hydrogen (secondary N) is 2. The number of hydrogen-bond donors (Lipinski definition) is 2. The molecule has 2 heterocycles. The lowest BCUT2D eigenvalue weighted by atomic mass is 9.96. The minimum atomic E-state index is -0.192. The van der Waals surface area contributed by atoms with E-state index in [2.05, 4.69) is 16.5 Å². The fourth-order valence-electron chi connectivity index (χ4n) is 3.34. The van der Waals surface area contributed by atoms with Crippen LogP contribution in [0.15, 0.2) is 89.1 Å². The number of hydrogen-bond acceptors (Lipinski definition) is 2. The molecule has 0 atom stereocenters. The lowest BCUT2D eigenvalue weighted by Gasteiger charge is -2.11. The van der Waals surface area contributed by atoms with Gasteiger partial charge in [-0.2, -0.15) is 0 Å². The highest BCUT2D eigenvalue weighted by Crippen LogP contribution is 2.29. The second-order valence-corrected chi connectivity index (χ2v) is 6.39. The van der Waals surface area contributed by atoms with Crippen LogP contribution in [0.2, 0.25) is 0 Å². The third-order valence-corrected chi connectivity index (χ3v) is 4.58. The summed E-state index contributed by atoms with van der Waals surface area (Å²) in [5.74, 6) is 0. The van der Waals surface area contributed by atoms with Crippen LogP contribution in [0, 0.1) is 0 Å². The molecule has 27 heavy (non-hydrogen) atoms. The van der Waals surface area contributed by atoms with Crippen LogP contribution >= 0.6 is 0 Å². The van der Waals surface area contributed by atoms with Crippen molar-refractivity contribution in [2.75, 3.05) is 0 Å². The highest BCUT2D eigenvalue weighted by Gasteiger charge is 2.13. The molecule has 0 saturated heterocycles. The quantitative estimate of drug-likeness (QED) is 0.537. The summed E-state index contributed by atoms with van der Waals surface area (Å²) < 4.78 is 0. The minimum Gasteiger partial charge on any atom is -0.329 e. The first kappa shape index (κ1) is 16.8. The third-order valence-electron chi connectivity index (χ3n) is 4.58. The van der Waals surface area contributed by atoms with Crippen molar-refractivity contribution in [2.45, 2.75) is 6.42 Å². The Kier molecular flexibility index (Phi) is 4.30. The molecule has 0 unspecified atom stereocenters. The smallest absolute Gasteiger partial charge is 0.256 e. The summed E-state index contributed by atoms with van der Waals surface area (Å²) in [5.41, 5.74) is 4.01. The van der Waals surface area contributed by atoms with Gasteiger partial charge in [0.25, 0.3) is 11.1 Å². The molecule has 0 aliphatic rings. The Morgan fingerprint density at radius 2 is 1.67 bits per heavy atom. The fourth-order valence-corrected chi connectivity index (χ4v) is 3.34. The van der Waals surface area contributed by atoms with E-state index in [-0.39, 0.29) is 11.1 Å². The van der Waals surface area contributed by atoms with Gasteiger partial charge in [0.1, 0.15) is 0 Å². The van der Waals surface area contributed by atoms with Crippen LogP contribution < -0.4 is 11.1 Å². The van der Waals surface area contributed by atoms with E-state index in [0.29, 0.717) is 28.6 Å². The molecule has 0 amide bonds. The number of allylic oxidation sites excluding steroid dienone is 1. The number of pyridine rings is 2. The molecule has 0 aliphatic carbocycles. The fraction of sp³-hybridized carbons (Fsp3) is 0.0435. The molecule has 0 fully saturated rings. The van der Waals surface area contributed by atoms with Gasteiger partial charge in [-0.3, -0.25) is 9.59 Å². The van der Waals surface area contributed by atoms with Crippen LogP contribution in [0.25, 0.3) is 33.2 Å². The molecule has 0 spiro atoms. The molecule has 4 nitrogen and oxygen atoms in total. The van der Waals surface area contributed by atoms with Gasteiger partial charge in [-0.1, -0.05) is 36.4 Å². The number of aromatic nitrogens is 2. The standard InChI is InChI=1S/C23H18N2O2/c1-2-7-15-12-17-14-19(16-8-4-3-5-9-16)23(27)25-21(17)20(13-15)18-10-6-11-24-22(18)26/h2-6,8-14H,1,7H2,(H,24,26)(H,25,27). The monoisotopic (exact) mass is 354 g/mol. The first-order valence-corrected chi connectivity index (χ1v) is 8.72. The highest BCUT2D eigenvalue weighted by molar-refractivity contribution is 5.96. The summed E-state index contributed by atoms with van der Waals surface area (Å²) in [7, 11) is 0. The van der Waals surface area contributed by atoms with Gasteiger partial charge in [0.05, 0.1) is 5.52 Å². The average Bonchev–Trinajstić information content (AvgIpc) is 2.69. The van der Waals surface area contributed by atoms with Crippen molar-refractivity contribution in [3.05, 3.63) is 106 Å². The minimum absolute atomic E-state index is 0.182. The lowest BCUT2D eigenvalue weighted by Crippen LogP contribution is -2.12. The van der Waals surface area contributed by atoms with Crippen LogP contribution in [0.5, 0.6) is 0 Å². The maximum atomic E-state index is 12.8. The first-order valence-electron chi connectivity index (χ1n) is 8.72. The molecule has 4 heteroatoms. The van der Waals surface area contributed by atoms with E-state index >= 15 is 0 Å². The van der Waals surface area contributed by atoms with Gasteiger partial charge in [0, 0.05) is 22.9 Å². The summed E-state index contributed by atoms with van der Waals surface area (Å²) >= 11 is 0. The van der Waals surface area contributed by atoms with Crippen molar-refractivity contribution in [3.8, 4) is 22.3 Å². The maximum absolute atomic E-state index is 12.8. The average molecular weight is 354 g/mol. The van der Waals surface area contributed by atoms with Gasteiger partial charge in [-0.05, 0) is 53.3 Å². The van der Waals surface area contributed by atoms with Crippen LogP contribution in [0.1, 0.15) is 5.56 Å². The van der Waals surface area contributed by atoms with Crippen LogP contribution in [-0.2, 0) is 6.42 Å². The zero-order valence-electron chi connectivity index (χ0n) is 14.7. The Morgan fingerprint density at radius 3 is 2.41 bits per heavy atom. The second-order valence-electron chi connectivity index (χ2n) is 6.39. The van der Waals surface area contributed by atoms with Gasteiger partial charge >= 0.3 is 0 Å². The third kappa shape index (κ3) is 3.13. The van der Waals surface area contributed by atoms with Gasteiger partial charge in [0.15, 0.2) is 0 Å². The Balaban J connectivity index is 2.05. The van der Waals surface area contributed by atoms with Crippen molar-refractivity contribution in [2.24, 2.45) is 0 Å². The van der Waals surface area contributed by atoms with E-state index in [9.17, 15) is 9.59 Å². The van der Waals surface area contributed by atoms with Gasteiger partial charge in [-0.15, -0.1) is 6.58 Å². The van der Waals surface area contributed by atoms with Crippen molar-refractivity contribution in [3.63, 3.8) is 0 Å². The first-order chi connectivity index (χ1) is 13.2. The number of benzene rings is 2. The molecule has 4 aromatic rings. The summed E-state index contributed by atoms with van der Waals surface area (Å²) in [5, 5.41) is 0.881. The normalized spacial score (nSPS) is 10.8. The molecule has 2 aromatic heterocycles. The molecule has 0 bridgehead atoms. The van der Waals surface area contributed by atoms with Gasteiger partial charge < -0.3 is 9.97 Å². The molecule has 0 saturated carbocycles. The Hall–Kier alpha value is -3.66. The Labute approximate surface area is 155 Å². The molecule has 0 aliphatic heterocycles. The summed E-state index contributed by atoms with van der Waals surface area (Å²) in [6.07, 6.45) is 4.09. The maximum Gasteiger partial charge on any atom is 0.256 e. The second kappa shape index (κ2) is 6.92. The zero-order chi connectivity index (χ0) is 18.8. The van der Waals surface area contributed by atoms with Crippen molar-refractivity contribution in [1.82, 2.24) is 9.97 Å². The lowest BCUT2D eigenvalue weighted by molar-refractivity contribution is 1.23. The van der Waals surface area contributed by atoms with Gasteiger partial charge in [-0.25, -0.2) is 0 Å². The molecular weight excluding hydrogens is 336 g/mol. The van der Waals surface area contributed by atoms with E-state index in [1.165, 1.54) is 0 Å². The molecular formula is C23H18N2O2. The molecule has 132 valence electrons. The number of aromatic amines is 2. The van der Waals surface area contributed by atoms with E-state index in [0.717, 1.165) is 16.5 Å². The van der Waals surface area contributed by atoms with Crippen molar-refractivity contribution in [1.29, 1.82) is 0 Å². The topological polar surface area (TPSA) is 65.7 Å².